The number of aliphatic hydroxyl groups excluding tert-OH is 1. The Hall–Kier alpha value is -1.72. The molecule has 3 heterocycles. The van der Waals surface area contributed by atoms with E-state index in [4.69, 9.17) is 4.74 Å². The largest absolute Gasteiger partial charge is 0.366 e. The standard InChI is InChI=1S/C18H18N2O2/c21-18-16-15(12-9-5-2-6-10-12)20(16)17(22-18)14-13(19-14)11-7-3-1-4-8-11/h1-10,13-19,21H/t13-,14-,15+,16+,17+,18+,20?/m0/s1. The Morgan fingerprint density at radius 1 is 0.909 bits per heavy atom. The third kappa shape index (κ3) is 1.85. The van der Waals surface area contributed by atoms with E-state index in [0.717, 1.165) is 0 Å². The number of rotatable bonds is 3. The average Bonchev–Trinajstić information content (AvgIpc) is 3.47. The lowest BCUT2D eigenvalue weighted by molar-refractivity contribution is -0.118. The molecule has 3 fully saturated rings. The van der Waals surface area contributed by atoms with E-state index in [1.54, 1.807) is 0 Å². The van der Waals surface area contributed by atoms with Crippen LogP contribution in [-0.2, 0) is 4.74 Å². The summed E-state index contributed by atoms with van der Waals surface area (Å²) in [6, 6.07) is 21.8. The number of hydrogen-bond donors (Lipinski definition) is 2. The summed E-state index contributed by atoms with van der Waals surface area (Å²) >= 11 is 0. The van der Waals surface area contributed by atoms with Gasteiger partial charge in [0.25, 0.3) is 0 Å². The van der Waals surface area contributed by atoms with E-state index in [2.05, 4.69) is 58.7 Å². The predicted octanol–water partition coefficient (Wildman–Crippen LogP) is 1.80. The zero-order valence-corrected chi connectivity index (χ0v) is 12.0. The second-order valence-electron chi connectivity index (χ2n) is 6.29. The van der Waals surface area contributed by atoms with E-state index in [1.165, 1.54) is 11.1 Å². The minimum absolute atomic E-state index is 0.0459. The lowest BCUT2D eigenvalue weighted by Crippen LogP contribution is -2.29. The van der Waals surface area contributed by atoms with Gasteiger partial charge in [-0.2, -0.15) is 0 Å². The molecule has 7 atom stereocenters. The summed E-state index contributed by atoms with van der Waals surface area (Å²) in [7, 11) is 0. The second-order valence-corrected chi connectivity index (χ2v) is 6.29. The summed E-state index contributed by atoms with van der Waals surface area (Å²) < 4.78 is 5.77. The third-order valence-corrected chi connectivity index (χ3v) is 4.99. The highest BCUT2D eigenvalue weighted by Crippen LogP contribution is 2.55. The molecule has 0 radical (unpaired) electrons. The van der Waals surface area contributed by atoms with Gasteiger partial charge in [-0.25, -0.2) is 0 Å². The van der Waals surface area contributed by atoms with Gasteiger partial charge in [-0.3, -0.25) is 4.90 Å². The molecule has 0 aromatic heterocycles. The fraction of sp³-hybridized carbons (Fsp3) is 0.333. The molecule has 0 bridgehead atoms. The van der Waals surface area contributed by atoms with Gasteiger partial charge in [-0.1, -0.05) is 60.7 Å². The molecule has 3 aliphatic heterocycles. The van der Waals surface area contributed by atoms with Crippen molar-refractivity contribution >= 4 is 0 Å². The highest BCUT2D eigenvalue weighted by Gasteiger charge is 2.66. The van der Waals surface area contributed by atoms with Crippen LogP contribution in [0.2, 0.25) is 0 Å². The molecule has 0 amide bonds. The lowest BCUT2D eigenvalue weighted by atomic mass is 10.1. The van der Waals surface area contributed by atoms with Crippen molar-refractivity contribution in [1.29, 1.82) is 0 Å². The minimum Gasteiger partial charge on any atom is -0.366 e. The first kappa shape index (κ1) is 12.8. The van der Waals surface area contributed by atoms with Gasteiger partial charge in [0.05, 0.1) is 24.2 Å². The van der Waals surface area contributed by atoms with Gasteiger partial charge in [0.1, 0.15) is 6.23 Å². The third-order valence-electron chi connectivity index (χ3n) is 4.99. The summed E-state index contributed by atoms with van der Waals surface area (Å²) in [5.74, 6) is 0. The topological polar surface area (TPSA) is 54.4 Å². The molecule has 5 rings (SSSR count). The van der Waals surface area contributed by atoms with Gasteiger partial charge in [0, 0.05) is 0 Å². The molecule has 0 aliphatic carbocycles. The quantitative estimate of drug-likeness (QED) is 0.848. The van der Waals surface area contributed by atoms with Crippen molar-refractivity contribution in [2.45, 2.75) is 36.7 Å². The molecule has 1 unspecified atom stereocenters. The Morgan fingerprint density at radius 2 is 1.55 bits per heavy atom. The van der Waals surface area contributed by atoms with Crippen molar-refractivity contribution in [3.05, 3.63) is 71.8 Å². The molecule has 4 nitrogen and oxygen atoms in total. The minimum atomic E-state index is -0.686. The molecule has 0 spiro atoms. The van der Waals surface area contributed by atoms with Crippen LogP contribution in [0.1, 0.15) is 23.2 Å². The van der Waals surface area contributed by atoms with E-state index in [-0.39, 0.29) is 24.4 Å². The number of nitrogens with zero attached hydrogens (tertiary/aromatic N) is 1. The van der Waals surface area contributed by atoms with E-state index in [9.17, 15) is 5.11 Å². The van der Waals surface area contributed by atoms with Crippen molar-refractivity contribution in [2.75, 3.05) is 0 Å². The van der Waals surface area contributed by atoms with E-state index < -0.39 is 6.29 Å². The van der Waals surface area contributed by atoms with Gasteiger partial charge in [0.2, 0.25) is 0 Å². The number of aliphatic hydroxyl groups is 1. The van der Waals surface area contributed by atoms with Crippen LogP contribution in [0.5, 0.6) is 0 Å². The summed E-state index contributed by atoms with van der Waals surface area (Å²) in [6.45, 7) is 0. The molecule has 0 saturated carbocycles. The average molecular weight is 294 g/mol. The first-order chi connectivity index (χ1) is 10.8. The molecular formula is C18H18N2O2. The monoisotopic (exact) mass is 294 g/mol. The number of nitrogens with one attached hydrogen (secondary N) is 1. The van der Waals surface area contributed by atoms with Gasteiger partial charge in [0.15, 0.2) is 6.29 Å². The smallest absolute Gasteiger partial charge is 0.174 e. The summed E-state index contributed by atoms with van der Waals surface area (Å²) in [5.41, 5.74) is 2.55. The van der Waals surface area contributed by atoms with E-state index in [1.807, 2.05) is 12.1 Å². The SMILES string of the molecule is O[C@@H]1O[C@H]([C@H]2N[C@H]2c2ccccc2)N2[C@@H]1[C@H]2c1ccccc1. The molecule has 112 valence electrons. The van der Waals surface area contributed by atoms with Crippen LogP contribution in [0.3, 0.4) is 0 Å². The van der Waals surface area contributed by atoms with Crippen molar-refractivity contribution in [3.63, 3.8) is 0 Å². The van der Waals surface area contributed by atoms with Gasteiger partial charge in [-0.05, 0) is 11.1 Å². The van der Waals surface area contributed by atoms with Crippen molar-refractivity contribution in [1.82, 2.24) is 10.2 Å². The molecule has 2 N–H and O–H groups in total. The van der Waals surface area contributed by atoms with Crippen LogP contribution in [0, 0.1) is 0 Å². The van der Waals surface area contributed by atoms with Gasteiger partial charge < -0.3 is 15.2 Å². The Morgan fingerprint density at radius 3 is 2.23 bits per heavy atom. The predicted molar refractivity (Wildman–Crippen MR) is 81.8 cm³/mol. The number of fused-ring (bicyclic) bond motifs is 1. The Kier molecular flexibility index (Phi) is 2.69. The van der Waals surface area contributed by atoms with Crippen LogP contribution in [0.25, 0.3) is 0 Å². The van der Waals surface area contributed by atoms with Crippen LogP contribution in [-0.4, -0.2) is 34.6 Å². The first-order valence-corrected chi connectivity index (χ1v) is 7.81. The Bertz CT molecular complexity index is 678. The second kappa shape index (κ2) is 4.64. The van der Waals surface area contributed by atoms with E-state index in [0.29, 0.717) is 6.04 Å². The normalized spacial score (nSPS) is 42.0. The van der Waals surface area contributed by atoms with Crippen LogP contribution >= 0.6 is 0 Å². The van der Waals surface area contributed by atoms with E-state index >= 15 is 0 Å². The Balaban J connectivity index is 1.35. The maximum atomic E-state index is 10.2. The van der Waals surface area contributed by atoms with Crippen LogP contribution < -0.4 is 5.32 Å². The molecule has 3 saturated heterocycles. The molecule has 3 aliphatic rings. The van der Waals surface area contributed by atoms with Crippen molar-refractivity contribution < 1.29 is 9.84 Å². The highest BCUT2D eigenvalue weighted by molar-refractivity contribution is 5.33. The molecule has 4 heteroatoms. The number of benzene rings is 2. The fourth-order valence-electron chi connectivity index (χ4n) is 3.84. The van der Waals surface area contributed by atoms with Crippen LogP contribution in [0.15, 0.2) is 60.7 Å². The zero-order valence-electron chi connectivity index (χ0n) is 12.0. The number of ether oxygens (including phenoxy) is 1. The summed E-state index contributed by atoms with van der Waals surface area (Å²) in [5, 5.41) is 13.7. The summed E-state index contributed by atoms with van der Waals surface area (Å²) in [6.07, 6.45) is -0.732. The van der Waals surface area contributed by atoms with Crippen molar-refractivity contribution in [2.24, 2.45) is 0 Å². The molecule has 2 aromatic rings. The highest BCUT2D eigenvalue weighted by atomic mass is 16.6. The van der Waals surface area contributed by atoms with Gasteiger partial charge >= 0.3 is 0 Å². The molecule has 2 aromatic carbocycles. The van der Waals surface area contributed by atoms with Gasteiger partial charge in [-0.15, -0.1) is 0 Å². The van der Waals surface area contributed by atoms with Crippen LogP contribution in [0.4, 0.5) is 0 Å². The zero-order chi connectivity index (χ0) is 14.7. The fourth-order valence-corrected chi connectivity index (χ4v) is 3.84. The molecular weight excluding hydrogens is 276 g/mol. The maximum Gasteiger partial charge on any atom is 0.174 e. The summed E-state index contributed by atoms with van der Waals surface area (Å²) in [4.78, 5) is 2.29. The number of hydrogen-bond acceptors (Lipinski definition) is 4. The lowest BCUT2D eigenvalue weighted by Gasteiger charge is -2.17. The van der Waals surface area contributed by atoms with Crippen molar-refractivity contribution in [3.8, 4) is 0 Å². The Labute approximate surface area is 129 Å². The maximum absolute atomic E-state index is 10.2. The first-order valence-electron chi connectivity index (χ1n) is 7.81. The molecule has 22 heavy (non-hydrogen) atoms.